The van der Waals surface area contributed by atoms with Crippen molar-refractivity contribution >= 4 is 22.5 Å². The molecule has 8 heteroatoms. The first-order valence-electron chi connectivity index (χ1n) is 8.90. The van der Waals surface area contributed by atoms with E-state index in [2.05, 4.69) is 32.1 Å². The van der Waals surface area contributed by atoms with Crippen molar-refractivity contribution < 1.29 is 9.53 Å². The van der Waals surface area contributed by atoms with E-state index >= 15 is 0 Å². The summed E-state index contributed by atoms with van der Waals surface area (Å²) in [5.41, 5.74) is 3.42. The summed E-state index contributed by atoms with van der Waals surface area (Å²) in [5, 5.41) is 5.16. The topological polar surface area (TPSA) is 76.4 Å². The molecule has 0 atom stereocenters. The lowest BCUT2D eigenvalue weighted by atomic mass is 10.2. The fraction of sp³-hybridized carbons (Fsp3) is 0.368. The molecule has 0 spiro atoms. The zero-order valence-electron chi connectivity index (χ0n) is 15.7. The molecule has 4 rings (SSSR count). The second kappa shape index (κ2) is 6.86. The third-order valence-corrected chi connectivity index (χ3v) is 4.93. The number of hydrogen-bond acceptors (Lipinski definition) is 6. The molecule has 0 unspecified atom stereocenters. The quantitative estimate of drug-likeness (QED) is 0.701. The molecule has 0 N–H and O–H groups in total. The SMILES string of the molecule is COc1ncnc2ccc(N3CCN(C(=O)c4cc(C)nn4C)CC3)cc12. The first-order valence-corrected chi connectivity index (χ1v) is 8.90. The largest absolute Gasteiger partial charge is 0.480 e. The average molecular weight is 366 g/mol. The Bertz CT molecular complexity index is 991. The number of fused-ring (bicyclic) bond motifs is 1. The Hall–Kier alpha value is -3.16. The van der Waals surface area contributed by atoms with E-state index in [4.69, 9.17) is 4.74 Å². The van der Waals surface area contributed by atoms with E-state index in [1.807, 2.05) is 24.0 Å². The lowest BCUT2D eigenvalue weighted by Gasteiger charge is -2.36. The normalized spacial score (nSPS) is 14.6. The minimum atomic E-state index is 0.0336. The molecule has 0 aliphatic carbocycles. The first-order chi connectivity index (χ1) is 13.1. The van der Waals surface area contributed by atoms with Crippen molar-refractivity contribution in [3.63, 3.8) is 0 Å². The summed E-state index contributed by atoms with van der Waals surface area (Å²) in [7, 11) is 3.42. The zero-order valence-corrected chi connectivity index (χ0v) is 15.7. The van der Waals surface area contributed by atoms with Crippen molar-refractivity contribution in [2.75, 3.05) is 38.2 Å². The van der Waals surface area contributed by atoms with Gasteiger partial charge in [0.05, 0.1) is 23.7 Å². The molecule has 0 bridgehead atoms. The monoisotopic (exact) mass is 366 g/mol. The first kappa shape index (κ1) is 17.3. The summed E-state index contributed by atoms with van der Waals surface area (Å²) >= 11 is 0. The van der Waals surface area contributed by atoms with Gasteiger partial charge < -0.3 is 14.5 Å². The highest BCUT2D eigenvalue weighted by atomic mass is 16.5. The van der Waals surface area contributed by atoms with Gasteiger partial charge in [0.2, 0.25) is 5.88 Å². The van der Waals surface area contributed by atoms with Crippen LogP contribution in [0.2, 0.25) is 0 Å². The molecule has 3 heterocycles. The number of anilines is 1. The standard InChI is InChI=1S/C19H22N6O2/c1-13-10-17(23(2)22-13)19(26)25-8-6-24(7-9-25)14-4-5-16-15(11-14)18(27-3)21-12-20-16/h4-5,10-12H,6-9H2,1-3H3. The maximum Gasteiger partial charge on any atom is 0.272 e. The van der Waals surface area contributed by atoms with Crippen LogP contribution in [-0.4, -0.2) is 63.8 Å². The van der Waals surface area contributed by atoms with Gasteiger partial charge in [0.1, 0.15) is 12.0 Å². The Morgan fingerprint density at radius 2 is 1.89 bits per heavy atom. The summed E-state index contributed by atoms with van der Waals surface area (Å²) in [5.74, 6) is 0.605. The fourth-order valence-electron chi connectivity index (χ4n) is 3.52. The molecule has 3 aromatic rings. The molecule has 1 fully saturated rings. The summed E-state index contributed by atoms with van der Waals surface area (Å²) < 4.78 is 7.00. The Labute approximate surface area is 157 Å². The molecule has 27 heavy (non-hydrogen) atoms. The van der Waals surface area contributed by atoms with Crippen molar-refractivity contribution in [2.45, 2.75) is 6.92 Å². The number of carbonyl (C=O) groups is 1. The summed E-state index contributed by atoms with van der Waals surface area (Å²) in [6.07, 6.45) is 1.51. The number of methoxy groups -OCH3 is 1. The van der Waals surface area contributed by atoms with Gasteiger partial charge in [0, 0.05) is 38.9 Å². The molecule has 8 nitrogen and oxygen atoms in total. The van der Waals surface area contributed by atoms with Crippen LogP contribution < -0.4 is 9.64 Å². The predicted molar refractivity (Wildman–Crippen MR) is 102 cm³/mol. The second-order valence-corrected chi connectivity index (χ2v) is 6.66. The van der Waals surface area contributed by atoms with Gasteiger partial charge in [-0.25, -0.2) is 9.97 Å². The molecule has 1 aliphatic rings. The van der Waals surface area contributed by atoms with Gasteiger partial charge in [0.25, 0.3) is 5.91 Å². The van der Waals surface area contributed by atoms with E-state index in [0.29, 0.717) is 24.7 Å². The third-order valence-electron chi connectivity index (χ3n) is 4.93. The number of nitrogens with zero attached hydrogens (tertiary/aromatic N) is 6. The second-order valence-electron chi connectivity index (χ2n) is 6.66. The van der Waals surface area contributed by atoms with Gasteiger partial charge in [-0.1, -0.05) is 0 Å². The Balaban J connectivity index is 1.50. The van der Waals surface area contributed by atoms with E-state index in [1.54, 1.807) is 18.8 Å². The number of hydrogen-bond donors (Lipinski definition) is 0. The highest BCUT2D eigenvalue weighted by Crippen LogP contribution is 2.27. The van der Waals surface area contributed by atoms with Crippen LogP contribution in [0.5, 0.6) is 5.88 Å². The highest BCUT2D eigenvalue weighted by Gasteiger charge is 2.24. The minimum absolute atomic E-state index is 0.0336. The van der Waals surface area contributed by atoms with Crippen molar-refractivity contribution in [1.82, 2.24) is 24.6 Å². The van der Waals surface area contributed by atoms with Crippen molar-refractivity contribution in [2.24, 2.45) is 7.05 Å². The molecule has 1 aliphatic heterocycles. The van der Waals surface area contributed by atoms with Crippen LogP contribution in [0.4, 0.5) is 5.69 Å². The van der Waals surface area contributed by atoms with Crippen LogP contribution in [0, 0.1) is 6.92 Å². The van der Waals surface area contributed by atoms with Gasteiger partial charge in [-0.3, -0.25) is 9.48 Å². The maximum absolute atomic E-state index is 12.7. The van der Waals surface area contributed by atoms with E-state index in [-0.39, 0.29) is 5.91 Å². The van der Waals surface area contributed by atoms with Crippen molar-refractivity contribution in [3.05, 3.63) is 42.0 Å². The molecule has 140 valence electrons. The Morgan fingerprint density at radius 3 is 2.56 bits per heavy atom. The molecular formula is C19H22N6O2. The minimum Gasteiger partial charge on any atom is -0.480 e. The Morgan fingerprint density at radius 1 is 1.11 bits per heavy atom. The number of carbonyl (C=O) groups excluding carboxylic acids is 1. The van der Waals surface area contributed by atoms with Crippen molar-refractivity contribution in [1.29, 1.82) is 0 Å². The van der Waals surface area contributed by atoms with Crippen LogP contribution in [0.15, 0.2) is 30.6 Å². The number of piperazine rings is 1. The van der Waals surface area contributed by atoms with Crippen LogP contribution in [0.1, 0.15) is 16.2 Å². The molecule has 0 radical (unpaired) electrons. The predicted octanol–water partition coefficient (Wildman–Crippen LogP) is 1.64. The van der Waals surface area contributed by atoms with Crippen LogP contribution in [-0.2, 0) is 7.05 Å². The molecule has 2 aromatic heterocycles. The van der Waals surface area contributed by atoms with E-state index in [0.717, 1.165) is 35.4 Å². The Kier molecular flexibility index (Phi) is 4.39. The molecule has 0 saturated carbocycles. The molecular weight excluding hydrogens is 344 g/mol. The van der Waals surface area contributed by atoms with E-state index < -0.39 is 0 Å². The third kappa shape index (κ3) is 3.18. The van der Waals surface area contributed by atoms with Gasteiger partial charge in [-0.15, -0.1) is 0 Å². The summed E-state index contributed by atoms with van der Waals surface area (Å²) in [6, 6.07) is 7.92. The lowest BCUT2D eigenvalue weighted by molar-refractivity contribution is 0.0735. The summed E-state index contributed by atoms with van der Waals surface area (Å²) in [4.78, 5) is 25.4. The molecule has 1 saturated heterocycles. The van der Waals surface area contributed by atoms with Crippen LogP contribution in [0.25, 0.3) is 10.9 Å². The number of amides is 1. The number of ether oxygens (including phenoxy) is 1. The van der Waals surface area contributed by atoms with E-state index in [1.165, 1.54) is 6.33 Å². The highest BCUT2D eigenvalue weighted by molar-refractivity contribution is 5.93. The maximum atomic E-state index is 12.7. The fourth-order valence-corrected chi connectivity index (χ4v) is 3.52. The average Bonchev–Trinajstić information content (AvgIpc) is 3.04. The molecule has 1 amide bonds. The van der Waals surface area contributed by atoms with Gasteiger partial charge in [-0.2, -0.15) is 5.10 Å². The molecule has 1 aromatic carbocycles. The zero-order chi connectivity index (χ0) is 19.0. The van der Waals surface area contributed by atoms with Gasteiger partial charge in [0.15, 0.2) is 0 Å². The van der Waals surface area contributed by atoms with Crippen LogP contribution in [0.3, 0.4) is 0 Å². The smallest absolute Gasteiger partial charge is 0.272 e. The lowest BCUT2D eigenvalue weighted by Crippen LogP contribution is -2.49. The van der Waals surface area contributed by atoms with Crippen molar-refractivity contribution in [3.8, 4) is 5.88 Å². The van der Waals surface area contributed by atoms with E-state index in [9.17, 15) is 4.79 Å². The number of benzene rings is 1. The van der Waals surface area contributed by atoms with Gasteiger partial charge in [-0.05, 0) is 31.2 Å². The van der Waals surface area contributed by atoms with Gasteiger partial charge >= 0.3 is 0 Å². The van der Waals surface area contributed by atoms with Crippen LogP contribution >= 0.6 is 0 Å². The summed E-state index contributed by atoms with van der Waals surface area (Å²) in [6.45, 7) is 4.77. The number of aromatic nitrogens is 4. The number of rotatable bonds is 3. The number of aryl methyl sites for hydroxylation is 2.